The standard InChI is InChI=1S/C24H20FN3O2S/c1-2-30-19-11-9-18(10-12-19)26-22(29)15-31-24-20-14-17(25)8-13-21(20)27-23(28-24)16-6-4-3-5-7-16/h3-14H,2,15H2,1H3,(H,26,29). The number of nitrogens with one attached hydrogen (secondary N) is 1. The molecule has 4 rings (SSSR count). The van der Waals surface area contributed by atoms with E-state index in [1.165, 1.54) is 23.9 Å². The largest absolute Gasteiger partial charge is 0.494 e. The van der Waals surface area contributed by atoms with Crippen LogP contribution in [0.3, 0.4) is 0 Å². The van der Waals surface area contributed by atoms with Gasteiger partial charge in [-0.3, -0.25) is 4.79 Å². The molecule has 0 radical (unpaired) electrons. The van der Waals surface area contributed by atoms with Gasteiger partial charge in [-0.1, -0.05) is 42.1 Å². The number of ether oxygens (including phenoxy) is 1. The predicted molar refractivity (Wildman–Crippen MR) is 122 cm³/mol. The molecular weight excluding hydrogens is 413 g/mol. The molecule has 3 aromatic carbocycles. The Morgan fingerprint density at radius 3 is 2.55 bits per heavy atom. The minimum absolute atomic E-state index is 0.129. The van der Waals surface area contributed by atoms with Crippen LogP contribution in [0.5, 0.6) is 5.75 Å². The second-order valence-corrected chi connectivity index (χ2v) is 7.64. The zero-order chi connectivity index (χ0) is 21.6. The summed E-state index contributed by atoms with van der Waals surface area (Å²) in [5.74, 6) is 0.860. The molecule has 0 aliphatic carbocycles. The molecule has 0 saturated carbocycles. The lowest BCUT2D eigenvalue weighted by atomic mass is 10.2. The smallest absolute Gasteiger partial charge is 0.234 e. The number of halogens is 1. The van der Waals surface area contributed by atoms with Crippen molar-refractivity contribution in [3.05, 3.63) is 78.6 Å². The minimum atomic E-state index is -0.371. The van der Waals surface area contributed by atoms with Gasteiger partial charge in [-0.2, -0.15) is 0 Å². The molecule has 0 saturated heterocycles. The van der Waals surface area contributed by atoms with E-state index < -0.39 is 0 Å². The van der Waals surface area contributed by atoms with Crippen LogP contribution in [0, 0.1) is 5.82 Å². The molecule has 0 aliphatic rings. The summed E-state index contributed by atoms with van der Waals surface area (Å²) in [6, 6.07) is 21.1. The predicted octanol–water partition coefficient (Wildman–Crippen LogP) is 5.57. The summed E-state index contributed by atoms with van der Waals surface area (Å²) >= 11 is 1.25. The van der Waals surface area contributed by atoms with Gasteiger partial charge in [0.1, 0.15) is 16.6 Å². The maximum atomic E-state index is 13.9. The minimum Gasteiger partial charge on any atom is -0.494 e. The summed E-state index contributed by atoms with van der Waals surface area (Å²) in [4.78, 5) is 21.6. The van der Waals surface area contributed by atoms with E-state index in [-0.39, 0.29) is 17.5 Å². The van der Waals surface area contributed by atoms with Gasteiger partial charge in [0.15, 0.2) is 5.82 Å². The molecule has 4 aromatic rings. The van der Waals surface area contributed by atoms with Crippen LogP contribution in [-0.2, 0) is 4.79 Å². The molecule has 156 valence electrons. The van der Waals surface area contributed by atoms with Crippen molar-refractivity contribution in [3.63, 3.8) is 0 Å². The summed E-state index contributed by atoms with van der Waals surface area (Å²) in [5.41, 5.74) is 2.16. The molecule has 0 aliphatic heterocycles. The van der Waals surface area contributed by atoms with Gasteiger partial charge in [0.25, 0.3) is 0 Å². The van der Waals surface area contributed by atoms with Crippen LogP contribution in [0.2, 0.25) is 0 Å². The van der Waals surface area contributed by atoms with Crippen molar-refractivity contribution in [1.29, 1.82) is 0 Å². The molecular formula is C24H20FN3O2S. The third-order valence-electron chi connectivity index (χ3n) is 4.44. The Kier molecular flexibility index (Phi) is 6.43. The van der Waals surface area contributed by atoms with E-state index in [9.17, 15) is 9.18 Å². The fourth-order valence-electron chi connectivity index (χ4n) is 3.03. The maximum Gasteiger partial charge on any atom is 0.234 e. The number of hydrogen-bond acceptors (Lipinski definition) is 5. The number of benzene rings is 3. The van der Waals surface area contributed by atoms with Gasteiger partial charge in [0.2, 0.25) is 5.91 Å². The van der Waals surface area contributed by atoms with Crippen molar-refractivity contribution in [2.24, 2.45) is 0 Å². The number of fused-ring (bicyclic) bond motifs is 1. The maximum absolute atomic E-state index is 13.9. The zero-order valence-corrected chi connectivity index (χ0v) is 17.7. The van der Waals surface area contributed by atoms with E-state index in [2.05, 4.69) is 15.3 Å². The Bertz CT molecular complexity index is 1200. The quantitative estimate of drug-likeness (QED) is 0.305. The molecule has 1 aromatic heterocycles. The highest BCUT2D eigenvalue weighted by Gasteiger charge is 2.13. The van der Waals surface area contributed by atoms with Crippen LogP contribution in [-0.4, -0.2) is 28.2 Å². The van der Waals surface area contributed by atoms with Gasteiger partial charge in [-0.15, -0.1) is 0 Å². The van der Waals surface area contributed by atoms with Gasteiger partial charge in [-0.25, -0.2) is 14.4 Å². The number of carbonyl (C=O) groups is 1. The van der Waals surface area contributed by atoms with E-state index in [4.69, 9.17) is 4.74 Å². The van der Waals surface area contributed by atoms with Gasteiger partial charge < -0.3 is 10.1 Å². The summed E-state index contributed by atoms with van der Waals surface area (Å²) in [7, 11) is 0. The summed E-state index contributed by atoms with van der Waals surface area (Å²) < 4.78 is 19.3. The Morgan fingerprint density at radius 1 is 1.03 bits per heavy atom. The Hall–Kier alpha value is -3.45. The number of hydrogen-bond donors (Lipinski definition) is 1. The zero-order valence-electron chi connectivity index (χ0n) is 16.8. The number of thioether (sulfide) groups is 1. The fraction of sp³-hybridized carbons (Fsp3) is 0.125. The molecule has 7 heteroatoms. The highest BCUT2D eigenvalue weighted by atomic mass is 32.2. The van der Waals surface area contributed by atoms with E-state index in [1.807, 2.05) is 37.3 Å². The van der Waals surface area contributed by atoms with Crippen LogP contribution < -0.4 is 10.1 Å². The van der Waals surface area contributed by atoms with E-state index in [1.54, 1.807) is 30.3 Å². The summed E-state index contributed by atoms with van der Waals surface area (Å²) in [6.45, 7) is 2.50. The summed E-state index contributed by atoms with van der Waals surface area (Å²) in [6.07, 6.45) is 0. The average Bonchev–Trinajstić information content (AvgIpc) is 2.79. The van der Waals surface area contributed by atoms with Crippen LogP contribution in [0.25, 0.3) is 22.3 Å². The molecule has 1 amide bonds. The number of carbonyl (C=O) groups excluding carboxylic acids is 1. The third kappa shape index (κ3) is 5.19. The number of amides is 1. The van der Waals surface area contributed by atoms with E-state index in [0.717, 1.165) is 11.3 Å². The Labute approximate surface area is 183 Å². The van der Waals surface area contributed by atoms with Crippen LogP contribution in [0.15, 0.2) is 77.8 Å². The van der Waals surface area contributed by atoms with Gasteiger partial charge >= 0.3 is 0 Å². The first-order chi connectivity index (χ1) is 15.1. The lowest BCUT2D eigenvalue weighted by Gasteiger charge is -2.10. The third-order valence-corrected chi connectivity index (χ3v) is 5.44. The second-order valence-electron chi connectivity index (χ2n) is 6.67. The molecule has 0 unspecified atom stereocenters. The van der Waals surface area contributed by atoms with Crippen LogP contribution in [0.1, 0.15) is 6.92 Å². The first kappa shape index (κ1) is 20.8. The molecule has 0 fully saturated rings. The number of rotatable bonds is 7. The molecule has 5 nitrogen and oxygen atoms in total. The number of nitrogens with zero attached hydrogens (tertiary/aromatic N) is 2. The molecule has 0 atom stereocenters. The Balaban J connectivity index is 1.54. The lowest BCUT2D eigenvalue weighted by Crippen LogP contribution is -2.14. The molecule has 1 heterocycles. The number of anilines is 1. The highest BCUT2D eigenvalue weighted by Crippen LogP contribution is 2.29. The molecule has 0 spiro atoms. The van der Waals surface area contributed by atoms with Crippen molar-refractivity contribution in [2.75, 3.05) is 17.7 Å². The van der Waals surface area contributed by atoms with E-state index in [0.29, 0.717) is 34.0 Å². The average molecular weight is 434 g/mol. The van der Waals surface area contributed by atoms with Crippen LogP contribution >= 0.6 is 11.8 Å². The van der Waals surface area contributed by atoms with Crippen LogP contribution in [0.4, 0.5) is 10.1 Å². The molecule has 1 N–H and O–H groups in total. The van der Waals surface area contributed by atoms with Crippen molar-refractivity contribution < 1.29 is 13.9 Å². The summed E-state index contributed by atoms with van der Waals surface area (Å²) in [5, 5.41) is 4.00. The van der Waals surface area contributed by atoms with Crippen molar-refractivity contribution >= 4 is 34.3 Å². The SMILES string of the molecule is CCOc1ccc(NC(=O)CSc2nc(-c3ccccc3)nc3ccc(F)cc23)cc1. The normalized spacial score (nSPS) is 10.8. The van der Waals surface area contributed by atoms with Crippen molar-refractivity contribution in [3.8, 4) is 17.1 Å². The van der Waals surface area contributed by atoms with Crippen molar-refractivity contribution in [1.82, 2.24) is 9.97 Å². The fourth-order valence-corrected chi connectivity index (χ4v) is 3.84. The van der Waals surface area contributed by atoms with Gasteiger partial charge in [0, 0.05) is 16.6 Å². The van der Waals surface area contributed by atoms with Crippen molar-refractivity contribution in [2.45, 2.75) is 11.9 Å². The first-order valence-corrected chi connectivity index (χ1v) is 10.8. The number of aromatic nitrogens is 2. The first-order valence-electron chi connectivity index (χ1n) is 9.80. The topological polar surface area (TPSA) is 64.1 Å². The lowest BCUT2D eigenvalue weighted by molar-refractivity contribution is -0.113. The Morgan fingerprint density at radius 2 is 1.81 bits per heavy atom. The van der Waals surface area contributed by atoms with E-state index >= 15 is 0 Å². The van der Waals surface area contributed by atoms with Gasteiger partial charge in [-0.05, 0) is 49.4 Å². The second kappa shape index (κ2) is 9.57. The molecule has 31 heavy (non-hydrogen) atoms. The molecule has 0 bridgehead atoms. The highest BCUT2D eigenvalue weighted by molar-refractivity contribution is 8.00. The van der Waals surface area contributed by atoms with Gasteiger partial charge in [0.05, 0.1) is 17.9 Å². The monoisotopic (exact) mass is 433 g/mol.